The lowest BCUT2D eigenvalue weighted by Gasteiger charge is -2.40. The predicted molar refractivity (Wildman–Crippen MR) is 67.9 cm³/mol. The van der Waals surface area contributed by atoms with Crippen LogP contribution in [-0.2, 0) is 11.8 Å². The van der Waals surface area contributed by atoms with E-state index in [-0.39, 0.29) is 5.41 Å². The maximum atomic E-state index is 4.41. The van der Waals surface area contributed by atoms with Gasteiger partial charge in [-0.15, -0.1) is 0 Å². The van der Waals surface area contributed by atoms with Crippen molar-refractivity contribution < 1.29 is 0 Å². The quantitative estimate of drug-likeness (QED) is 0.805. The molecular weight excluding hydrogens is 198 g/mol. The van der Waals surface area contributed by atoms with Gasteiger partial charge in [0.25, 0.3) is 0 Å². The first kappa shape index (κ1) is 11.5. The molecule has 0 spiro atoms. The van der Waals surface area contributed by atoms with Crippen LogP contribution in [0.15, 0.2) is 0 Å². The number of hydrogen-bond acceptors (Lipinski definition) is 2. The summed E-state index contributed by atoms with van der Waals surface area (Å²) in [6.07, 6.45) is 2.31. The molecule has 3 nitrogen and oxygen atoms in total. The third-order valence-electron chi connectivity index (χ3n) is 3.44. The van der Waals surface area contributed by atoms with Gasteiger partial charge in [0.05, 0.1) is 0 Å². The lowest BCUT2D eigenvalue weighted by Crippen LogP contribution is -2.34. The summed E-state index contributed by atoms with van der Waals surface area (Å²) in [5.41, 5.74) is 3.29. The van der Waals surface area contributed by atoms with Gasteiger partial charge in [0, 0.05) is 17.8 Å². The second-order valence-corrected chi connectivity index (χ2v) is 6.36. The van der Waals surface area contributed by atoms with Crippen molar-refractivity contribution >= 4 is 5.82 Å². The second kappa shape index (κ2) is 3.51. The van der Waals surface area contributed by atoms with Crippen LogP contribution in [-0.4, -0.2) is 16.7 Å². The predicted octanol–water partition coefficient (Wildman–Crippen LogP) is 3.09. The van der Waals surface area contributed by atoms with E-state index in [1.807, 2.05) is 0 Å². The van der Waals surface area contributed by atoms with E-state index in [1.165, 1.54) is 17.7 Å². The van der Waals surface area contributed by atoms with E-state index >= 15 is 0 Å². The number of aromatic nitrogens is 2. The minimum Gasteiger partial charge on any atom is -0.369 e. The molecule has 3 heteroatoms. The number of fused-ring (bicyclic) bond motifs is 1. The Hall–Kier alpha value is -0.990. The number of aromatic amines is 1. The summed E-state index contributed by atoms with van der Waals surface area (Å²) < 4.78 is 0. The van der Waals surface area contributed by atoms with Gasteiger partial charge < -0.3 is 5.32 Å². The summed E-state index contributed by atoms with van der Waals surface area (Å²) in [4.78, 5) is 0. The summed E-state index contributed by atoms with van der Waals surface area (Å²) in [7, 11) is 0. The third kappa shape index (κ3) is 1.83. The molecule has 2 N–H and O–H groups in total. The Balaban J connectivity index is 2.46. The fourth-order valence-electron chi connectivity index (χ4n) is 3.36. The van der Waals surface area contributed by atoms with Crippen molar-refractivity contribution in [2.24, 2.45) is 5.41 Å². The Bertz CT molecular complexity index is 388. The van der Waals surface area contributed by atoms with Gasteiger partial charge >= 0.3 is 0 Å². The van der Waals surface area contributed by atoms with Crippen LogP contribution in [0, 0.1) is 5.41 Å². The normalized spacial score (nSPS) is 21.6. The summed E-state index contributed by atoms with van der Waals surface area (Å²) >= 11 is 0. The molecule has 2 rings (SSSR count). The van der Waals surface area contributed by atoms with Crippen molar-refractivity contribution in [3.05, 3.63) is 11.3 Å². The first-order valence-corrected chi connectivity index (χ1v) is 6.17. The molecule has 1 aliphatic rings. The van der Waals surface area contributed by atoms with Crippen LogP contribution >= 0.6 is 0 Å². The molecule has 0 amide bonds. The average molecular weight is 221 g/mol. The zero-order valence-corrected chi connectivity index (χ0v) is 11.1. The van der Waals surface area contributed by atoms with Crippen molar-refractivity contribution in [3.63, 3.8) is 0 Å². The molecule has 0 saturated heterocycles. The van der Waals surface area contributed by atoms with E-state index in [4.69, 9.17) is 0 Å². The van der Waals surface area contributed by atoms with Gasteiger partial charge in [0.15, 0.2) is 5.82 Å². The van der Waals surface area contributed by atoms with Gasteiger partial charge in [0.2, 0.25) is 0 Å². The summed E-state index contributed by atoms with van der Waals surface area (Å²) in [6, 6.07) is 0. The Morgan fingerprint density at radius 1 is 1.31 bits per heavy atom. The standard InChI is InChI=1S/C13H23N3/c1-6-14-11-10-9(15-16-11)7-12(2,3)8-13(10,4)5/h6-8H2,1-5H3,(H2,14,15,16). The highest BCUT2D eigenvalue weighted by Crippen LogP contribution is 2.47. The lowest BCUT2D eigenvalue weighted by atomic mass is 9.64. The van der Waals surface area contributed by atoms with Gasteiger partial charge in [-0.05, 0) is 30.6 Å². The maximum absolute atomic E-state index is 4.41. The molecule has 0 aromatic carbocycles. The fraction of sp³-hybridized carbons (Fsp3) is 0.769. The maximum Gasteiger partial charge on any atom is 0.151 e. The Morgan fingerprint density at radius 3 is 2.62 bits per heavy atom. The van der Waals surface area contributed by atoms with E-state index in [0.29, 0.717) is 5.41 Å². The molecule has 1 heterocycles. The van der Waals surface area contributed by atoms with Crippen LogP contribution in [0.5, 0.6) is 0 Å². The number of hydrogen-bond donors (Lipinski definition) is 2. The minimum absolute atomic E-state index is 0.210. The van der Waals surface area contributed by atoms with E-state index < -0.39 is 0 Å². The highest BCUT2D eigenvalue weighted by atomic mass is 15.2. The number of anilines is 1. The molecule has 1 aromatic rings. The largest absolute Gasteiger partial charge is 0.369 e. The number of rotatable bonds is 2. The molecule has 0 bridgehead atoms. The molecule has 1 aliphatic carbocycles. The first-order valence-electron chi connectivity index (χ1n) is 6.17. The Labute approximate surface area is 98.0 Å². The molecule has 0 radical (unpaired) electrons. The van der Waals surface area contributed by atoms with Crippen molar-refractivity contribution in [2.45, 2.75) is 52.9 Å². The minimum atomic E-state index is 0.210. The molecule has 0 atom stereocenters. The SMILES string of the molecule is CCNc1n[nH]c2c1C(C)(C)CC(C)(C)C2. The molecule has 0 aliphatic heterocycles. The number of nitrogens with one attached hydrogen (secondary N) is 2. The highest BCUT2D eigenvalue weighted by molar-refractivity contribution is 5.52. The second-order valence-electron chi connectivity index (χ2n) is 6.36. The molecule has 16 heavy (non-hydrogen) atoms. The van der Waals surface area contributed by atoms with Crippen molar-refractivity contribution in [1.29, 1.82) is 0 Å². The molecule has 90 valence electrons. The monoisotopic (exact) mass is 221 g/mol. The van der Waals surface area contributed by atoms with Crippen molar-refractivity contribution in [1.82, 2.24) is 10.2 Å². The van der Waals surface area contributed by atoms with Crippen LogP contribution < -0.4 is 5.32 Å². The van der Waals surface area contributed by atoms with E-state index in [0.717, 1.165) is 18.8 Å². The zero-order valence-electron chi connectivity index (χ0n) is 11.1. The zero-order chi connectivity index (χ0) is 12.0. The summed E-state index contributed by atoms with van der Waals surface area (Å²) in [6.45, 7) is 12.4. The summed E-state index contributed by atoms with van der Waals surface area (Å²) in [5.74, 6) is 1.05. The van der Waals surface area contributed by atoms with Crippen molar-refractivity contribution in [3.8, 4) is 0 Å². The van der Waals surface area contributed by atoms with E-state index in [1.54, 1.807) is 0 Å². The van der Waals surface area contributed by atoms with Gasteiger partial charge in [0.1, 0.15) is 0 Å². The number of nitrogens with zero attached hydrogens (tertiary/aromatic N) is 1. The molecule has 0 fully saturated rings. The van der Waals surface area contributed by atoms with Crippen LogP contribution in [0.25, 0.3) is 0 Å². The van der Waals surface area contributed by atoms with Crippen LogP contribution in [0.3, 0.4) is 0 Å². The third-order valence-corrected chi connectivity index (χ3v) is 3.44. The number of H-pyrrole nitrogens is 1. The molecule has 0 unspecified atom stereocenters. The molecule has 1 aromatic heterocycles. The van der Waals surface area contributed by atoms with Gasteiger partial charge in [-0.25, -0.2) is 0 Å². The fourth-order valence-corrected chi connectivity index (χ4v) is 3.36. The molecule has 0 saturated carbocycles. The average Bonchev–Trinajstić information content (AvgIpc) is 2.45. The first-order chi connectivity index (χ1) is 7.36. The van der Waals surface area contributed by atoms with Gasteiger partial charge in [-0.1, -0.05) is 27.7 Å². The van der Waals surface area contributed by atoms with E-state index in [2.05, 4.69) is 50.1 Å². The smallest absolute Gasteiger partial charge is 0.151 e. The Morgan fingerprint density at radius 2 is 2.00 bits per heavy atom. The van der Waals surface area contributed by atoms with Gasteiger partial charge in [-0.2, -0.15) is 5.10 Å². The van der Waals surface area contributed by atoms with E-state index in [9.17, 15) is 0 Å². The topological polar surface area (TPSA) is 40.7 Å². The van der Waals surface area contributed by atoms with Crippen LogP contribution in [0.4, 0.5) is 5.82 Å². The Kier molecular flexibility index (Phi) is 2.52. The van der Waals surface area contributed by atoms with Crippen LogP contribution in [0.2, 0.25) is 0 Å². The lowest BCUT2D eigenvalue weighted by molar-refractivity contribution is 0.230. The summed E-state index contributed by atoms with van der Waals surface area (Å²) in [5, 5.41) is 11.0. The molecular formula is C13H23N3. The van der Waals surface area contributed by atoms with Crippen molar-refractivity contribution in [2.75, 3.05) is 11.9 Å². The highest BCUT2D eigenvalue weighted by Gasteiger charge is 2.40. The van der Waals surface area contributed by atoms with Crippen LogP contribution in [0.1, 0.15) is 52.3 Å². The van der Waals surface area contributed by atoms with Gasteiger partial charge in [-0.3, -0.25) is 5.10 Å².